The molecule has 1 aliphatic rings. The second-order valence-corrected chi connectivity index (χ2v) is 7.99. The van der Waals surface area contributed by atoms with E-state index < -0.39 is 0 Å². The fraction of sp³-hybridized carbons (Fsp3) is 0.611. The second kappa shape index (κ2) is 8.69. The monoisotopic (exact) mass is 390 g/mol. The first-order chi connectivity index (χ1) is 13.0. The maximum absolute atomic E-state index is 12.5. The topological polar surface area (TPSA) is 94.7 Å². The van der Waals surface area contributed by atoms with Gasteiger partial charge < -0.3 is 5.32 Å². The number of aryl methyl sites for hydroxylation is 2. The fourth-order valence-corrected chi connectivity index (χ4v) is 3.42. The highest BCUT2D eigenvalue weighted by atomic mass is 32.2. The molecule has 3 rings (SSSR count). The van der Waals surface area contributed by atoms with Gasteiger partial charge in [0.15, 0.2) is 5.16 Å². The fourth-order valence-electron chi connectivity index (χ4n) is 3.11. The Bertz CT molecular complexity index is 843. The number of hydrogen-bond donors (Lipinski definition) is 1. The highest BCUT2D eigenvalue weighted by Gasteiger charge is 2.22. The lowest BCUT2D eigenvalue weighted by atomic mass is 10.1. The van der Waals surface area contributed by atoms with Crippen LogP contribution in [-0.2, 0) is 19.5 Å². The van der Waals surface area contributed by atoms with Crippen molar-refractivity contribution in [1.29, 1.82) is 0 Å². The summed E-state index contributed by atoms with van der Waals surface area (Å²) in [7, 11) is 0. The van der Waals surface area contributed by atoms with Gasteiger partial charge in [0.2, 0.25) is 0 Å². The van der Waals surface area contributed by atoms with Crippen molar-refractivity contribution in [2.45, 2.75) is 63.8 Å². The molecule has 8 nitrogen and oxygen atoms in total. The Morgan fingerprint density at radius 2 is 2.07 bits per heavy atom. The number of carbonyl (C=O) groups excluding carboxylic acids is 1. The van der Waals surface area contributed by atoms with Crippen molar-refractivity contribution < 1.29 is 4.79 Å². The summed E-state index contributed by atoms with van der Waals surface area (Å²) in [6.07, 6.45) is 8.06. The van der Waals surface area contributed by atoms with Crippen molar-refractivity contribution in [1.82, 2.24) is 29.6 Å². The first kappa shape index (κ1) is 19.6. The van der Waals surface area contributed by atoms with E-state index in [0.29, 0.717) is 42.6 Å². The summed E-state index contributed by atoms with van der Waals surface area (Å²) >= 11 is 1.43. The number of rotatable bonds is 6. The summed E-state index contributed by atoms with van der Waals surface area (Å²) < 4.78 is 3.34. The van der Waals surface area contributed by atoms with Gasteiger partial charge in [0.05, 0.1) is 5.56 Å². The molecule has 1 atom stereocenters. The maximum atomic E-state index is 12.5. The van der Waals surface area contributed by atoms with E-state index in [4.69, 9.17) is 0 Å². The molecule has 9 heteroatoms. The molecule has 0 saturated heterocycles. The Balaban J connectivity index is 1.61. The lowest BCUT2D eigenvalue weighted by Crippen LogP contribution is -2.36. The number of aromatic nitrogens is 5. The van der Waals surface area contributed by atoms with E-state index in [1.807, 2.05) is 6.26 Å². The van der Waals surface area contributed by atoms with Crippen molar-refractivity contribution in [2.24, 2.45) is 5.92 Å². The molecular formula is C18H26N6O2S. The molecule has 0 radical (unpaired) electrons. The van der Waals surface area contributed by atoms with E-state index in [-0.39, 0.29) is 17.6 Å². The highest BCUT2D eigenvalue weighted by molar-refractivity contribution is 7.98. The van der Waals surface area contributed by atoms with Gasteiger partial charge in [-0.05, 0) is 31.4 Å². The number of nitrogens with zero attached hydrogens (tertiary/aromatic N) is 5. The number of fused-ring (bicyclic) bond motifs is 1. The Morgan fingerprint density at radius 3 is 2.74 bits per heavy atom. The summed E-state index contributed by atoms with van der Waals surface area (Å²) in [6.45, 7) is 5.50. The molecule has 146 valence electrons. The van der Waals surface area contributed by atoms with Crippen LogP contribution < -0.4 is 11.0 Å². The standard InChI is InChI=1S/C18H26N6O2S/c1-12(2)6-9-24-18(26)23-8-7-14(4-5-15(23)22-24)21-16(25)13-10-19-17(27-3)20-11-13/h10-12,14H,4-9H2,1-3H3,(H,21,25). The predicted molar refractivity (Wildman–Crippen MR) is 104 cm³/mol. The summed E-state index contributed by atoms with van der Waals surface area (Å²) in [5.74, 6) is 1.17. The lowest BCUT2D eigenvalue weighted by Gasteiger charge is -2.15. The number of nitrogens with one attached hydrogen (secondary N) is 1. The Kier molecular flexibility index (Phi) is 6.30. The van der Waals surface area contributed by atoms with E-state index in [0.717, 1.165) is 18.7 Å². The van der Waals surface area contributed by atoms with Crippen LogP contribution in [0.5, 0.6) is 0 Å². The van der Waals surface area contributed by atoms with Crippen LogP contribution in [0.4, 0.5) is 0 Å². The molecule has 27 heavy (non-hydrogen) atoms. The van der Waals surface area contributed by atoms with Gasteiger partial charge in [-0.15, -0.1) is 0 Å². The third-order valence-electron chi connectivity index (χ3n) is 4.74. The van der Waals surface area contributed by atoms with Crippen LogP contribution in [-0.4, -0.2) is 42.5 Å². The van der Waals surface area contributed by atoms with Gasteiger partial charge in [0, 0.05) is 37.9 Å². The maximum Gasteiger partial charge on any atom is 0.345 e. The van der Waals surface area contributed by atoms with E-state index in [1.165, 1.54) is 11.8 Å². The van der Waals surface area contributed by atoms with Crippen LogP contribution >= 0.6 is 11.8 Å². The normalized spacial score (nSPS) is 16.8. The summed E-state index contributed by atoms with van der Waals surface area (Å²) in [5.41, 5.74) is 0.407. The molecule has 3 heterocycles. The van der Waals surface area contributed by atoms with Crippen molar-refractivity contribution in [3.8, 4) is 0 Å². The van der Waals surface area contributed by atoms with Crippen LogP contribution in [0.3, 0.4) is 0 Å². The van der Waals surface area contributed by atoms with Crippen LogP contribution in [0.25, 0.3) is 0 Å². The minimum absolute atomic E-state index is 0.00272. The van der Waals surface area contributed by atoms with E-state index in [2.05, 4.69) is 34.2 Å². The SMILES string of the molecule is CSc1ncc(C(=O)NC2CCc3nn(CCC(C)C)c(=O)n3CC2)cn1. The number of hydrogen-bond acceptors (Lipinski definition) is 6. The molecule has 2 aromatic heterocycles. The van der Waals surface area contributed by atoms with Crippen LogP contribution in [0.2, 0.25) is 0 Å². The van der Waals surface area contributed by atoms with Crippen LogP contribution in [0, 0.1) is 5.92 Å². The molecule has 0 aliphatic carbocycles. The molecule has 2 aromatic rings. The minimum Gasteiger partial charge on any atom is -0.349 e. The highest BCUT2D eigenvalue weighted by Crippen LogP contribution is 2.13. The third-order valence-corrected chi connectivity index (χ3v) is 5.32. The van der Waals surface area contributed by atoms with Crippen molar-refractivity contribution in [3.63, 3.8) is 0 Å². The molecule has 0 aromatic carbocycles. The average molecular weight is 391 g/mol. The molecular weight excluding hydrogens is 364 g/mol. The zero-order chi connectivity index (χ0) is 19.4. The van der Waals surface area contributed by atoms with Crippen molar-refractivity contribution in [2.75, 3.05) is 6.26 Å². The molecule has 1 N–H and O–H groups in total. The molecule has 0 fully saturated rings. The quantitative estimate of drug-likeness (QED) is 0.596. The summed E-state index contributed by atoms with van der Waals surface area (Å²) in [5, 5.41) is 8.18. The zero-order valence-electron chi connectivity index (χ0n) is 16.0. The zero-order valence-corrected chi connectivity index (χ0v) is 16.8. The van der Waals surface area contributed by atoms with Gasteiger partial charge in [-0.3, -0.25) is 9.36 Å². The number of thioether (sulfide) groups is 1. The van der Waals surface area contributed by atoms with Crippen LogP contribution in [0.1, 0.15) is 49.3 Å². The third kappa shape index (κ3) is 4.77. The Labute approximate surface area is 162 Å². The molecule has 1 unspecified atom stereocenters. The number of amides is 1. The summed E-state index contributed by atoms with van der Waals surface area (Å²) in [6, 6.07) is 0.00272. The predicted octanol–water partition coefficient (Wildman–Crippen LogP) is 1.74. The van der Waals surface area contributed by atoms with E-state index >= 15 is 0 Å². The van der Waals surface area contributed by atoms with Crippen molar-refractivity contribution >= 4 is 17.7 Å². The van der Waals surface area contributed by atoms with Gasteiger partial charge in [-0.2, -0.15) is 5.10 Å². The van der Waals surface area contributed by atoms with Crippen LogP contribution in [0.15, 0.2) is 22.3 Å². The molecule has 1 aliphatic heterocycles. The molecule has 0 saturated carbocycles. The minimum atomic E-state index is -0.179. The number of carbonyl (C=O) groups is 1. The Hall–Kier alpha value is -2.16. The molecule has 1 amide bonds. The van der Waals surface area contributed by atoms with Gasteiger partial charge >= 0.3 is 5.69 Å². The Morgan fingerprint density at radius 1 is 1.33 bits per heavy atom. The smallest absolute Gasteiger partial charge is 0.345 e. The van der Waals surface area contributed by atoms with Gasteiger partial charge in [0.1, 0.15) is 5.82 Å². The first-order valence-corrected chi connectivity index (χ1v) is 10.5. The molecule has 0 bridgehead atoms. The van der Waals surface area contributed by atoms with Gasteiger partial charge in [0.25, 0.3) is 5.91 Å². The average Bonchev–Trinajstić information content (AvgIpc) is 2.83. The van der Waals surface area contributed by atoms with Gasteiger partial charge in [-0.1, -0.05) is 25.6 Å². The largest absolute Gasteiger partial charge is 0.349 e. The first-order valence-electron chi connectivity index (χ1n) is 9.31. The second-order valence-electron chi connectivity index (χ2n) is 7.21. The summed E-state index contributed by atoms with van der Waals surface area (Å²) in [4.78, 5) is 33.2. The lowest BCUT2D eigenvalue weighted by molar-refractivity contribution is 0.0932. The van der Waals surface area contributed by atoms with Gasteiger partial charge in [-0.25, -0.2) is 19.4 Å². The van der Waals surface area contributed by atoms with Crippen molar-refractivity contribution in [3.05, 3.63) is 34.3 Å². The molecule has 0 spiro atoms. The van der Waals surface area contributed by atoms with E-state index in [9.17, 15) is 9.59 Å². The van der Waals surface area contributed by atoms with E-state index in [1.54, 1.807) is 21.6 Å².